The van der Waals surface area contributed by atoms with E-state index in [-0.39, 0.29) is 5.82 Å². The quantitative estimate of drug-likeness (QED) is 0.771. The molecule has 0 aromatic carbocycles. The Bertz CT molecular complexity index is 291. The summed E-state index contributed by atoms with van der Waals surface area (Å²) in [5.74, 6) is 1.20. The van der Waals surface area contributed by atoms with Crippen LogP contribution in [0, 0.1) is 11.7 Å². The molecule has 1 rings (SSSR count). The van der Waals surface area contributed by atoms with Gasteiger partial charge in [-0.15, -0.1) is 11.8 Å². The molecule has 0 aliphatic carbocycles. The summed E-state index contributed by atoms with van der Waals surface area (Å²) in [6, 6.07) is 1.44. The highest BCUT2D eigenvalue weighted by Crippen LogP contribution is 2.23. The minimum Gasteiger partial charge on any atom is -0.246 e. The lowest BCUT2D eigenvalue weighted by Gasteiger charge is -2.04. The lowest BCUT2D eigenvalue weighted by molar-refractivity contribution is 0.586. The van der Waals surface area contributed by atoms with Crippen LogP contribution in [-0.2, 0) is 0 Å². The van der Waals surface area contributed by atoms with Crippen LogP contribution in [0.1, 0.15) is 13.8 Å². The molecule has 0 fully saturated rings. The van der Waals surface area contributed by atoms with Gasteiger partial charge in [-0.3, -0.25) is 0 Å². The topological polar surface area (TPSA) is 12.9 Å². The Hall–Kier alpha value is -0.0900. The van der Waals surface area contributed by atoms with Crippen molar-refractivity contribution in [3.63, 3.8) is 0 Å². The van der Waals surface area contributed by atoms with Crippen LogP contribution in [0.2, 0.25) is 0 Å². The van der Waals surface area contributed by atoms with Gasteiger partial charge in [0.25, 0.3) is 0 Å². The summed E-state index contributed by atoms with van der Waals surface area (Å²) in [7, 11) is 0. The maximum absolute atomic E-state index is 13.2. The van der Waals surface area contributed by atoms with Crippen molar-refractivity contribution in [1.82, 2.24) is 4.98 Å². The van der Waals surface area contributed by atoms with Crippen molar-refractivity contribution >= 4 is 27.7 Å². The van der Waals surface area contributed by atoms with E-state index in [0.29, 0.717) is 15.4 Å². The second-order valence-electron chi connectivity index (χ2n) is 3.15. The summed E-state index contributed by atoms with van der Waals surface area (Å²) < 4.78 is 13.9. The van der Waals surface area contributed by atoms with Crippen molar-refractivity contribution in [2.75, 3.05) is 5.75 Å². The maximum atomic E-state index is 13.2. The van der Waals surface area contributed by atoms with Gasteiger partial charge in [-0.2, -0.15) is 0 Å². The molecule has 0 amide bonds. The highest BCUT2D eigenvalue weighted by Gasteiger charge is 2.05. The molecule has 0 N–H and O–H groups in total. The average molecular weight is 264 g/mol. The lowest BCUT2D eigenvalue weighted by atomic mass is 10.3. The van der Waals surface area contributed by atoms with Gasteiger partial charge in [-0.1, -0.05) is 13.8 Å². The van der Waals surface area contributed by atoms with Gasteiger partial charge in [0.2, 0.25) is 0 Å². The Labute approximate surface area is 90.3 Å². The van der Waals surface area contributed by atoms with Crippen LogP contribution in [0.25, 0.3) is 0 Å². The maximum Gasteiger partial charge on any atom is 0.156 e. The van der Waals surface area contributed by atoms with Crippen LogP contribution in [0.15, 0.2) is 21.8 Å². The first kappa shape index (κ1) is 11.0. The van der Waals surface area contributed by atoms with Crippen LogP contribution in [0.4, 0.5) is 4.39 Å². The Morgan fingerprint density at radius 2 is 2.31 bits per heavy atom. The molecule has 1 heterocycles. The van der Waals surface area contributed by atoms with Crippen LogP contribution >= 0.6 is 27.7 Å². The molecule has 0 atom stereocenters. The Balaban J connectivity index is 2.67. The minimum atomic E-state index is -0.250. The third kappa shape index (κ3) is 3.65. The van der Waals surface area contributed by atoms with Crippen molar-refractivity contribution < 1.29 is 4.39 Å². The summed E-state index contributed by atoms with van der Waals surface area (Å²) in [5, 5.41) is 0.483. The van der Waals surface area contributed by atoms with E-state index in [0.717, 1.165) is 5.75 Å². The summed E-state index contributed by atoms with van der Waals surface area (Å²) >= 11 is 4.62. The molecule has 0 spiro atoms. The number of hydrogen-bond donors (Lipinski definition) is 0. The van der Waals surface area contributed by atoms with Gasteiger partial charge in [0.15, 0.2) is 5.82 Å². The number of pyridine rings is 1. The van der Waals surface area contributed by atoms with E-state index in [9.17, 15) is 4.39 Å². The third-order valence-corrected chi connectivity index (χ3v) is 3.17. The molecule has 1 nitrogen and oxygen atoms in total. The normalized spacial score (nSPS) is 10.8. The molecule has 1 aromatic rings. The fourth-order valence-corrected chi connectivity index (χ4v) is 1.87. The summed E-state index contributed by atoms with van der Waals surface area (Å²) in [5.41, 5.74) is 0. The molecule has 72 valence electrons. The van der Waals surface area contributed by atoms with Gasteiger partial charge in [-0.05, 0) is 27.9 Å². The minimum absolute atomic E-state index is 0.250. The van der Waals surface area contributed by atoms with Gasteiger partial charge < -0.3 is 0 Å². The molecule has 0 bridgehead atoms. The summed E-state index contributed by atoms with van der Waals surface area (Å²) in [6.45, 7) is 4.20. The van der Waals surface area contributed by atoms with E-state index in [1.54, 1.807) is 6.20 Å². The fraction of sp³-hybridized carbons (Fsp3) is 0.444. The molecule has 4 heteroatoms. The first-order valence-electron chi connectivity index (χ1n) is 4.03. The van der Waals surface area contributed by atoms with Crippen molar-refractivity contribution in [1.29, 1.82) is 0 Å². The van der Waals surface area contributed by atoms with E-state index in [2.05, 4.69) is 34.8 Å². The number of halogens is 2. The zero-order valence-corrected chi connectivity index (χ0v) is 9.95. The number of nitrogens with zero attached hydrogens (tertiary/aromatic N) is 1. The Morgan fingerprint density at radius 1 is 1.62 bits per heavy atom. The first-order chi connectivity index (χ1) is 6.09. The zero-order chi connectivity index (χ0) is 9.84. The van der Waals surface area contributed by atoms with E-state index in [1.165, 1.54) is 17.8 Å². The molecule has 0 unspecified atom stereocenters. The molecular weight excluding hydrogens is 253 g/mol. The smallest absolute Gasteiger partial charge is 0.156 e. The molecule has 0 aliphatic heterocycles. The number of thioether (sulfide) groups is 1. The first-order valence-corrected chi connectivity index (χ1v) is 5.81. The molecule has 13 heavy (non-hydrogen) atoms. The predicted molar refractivity (Wildman–Crippen MR) is 57.5 cm³/mol. The predicted octanol–water partition coefficient (Wildman–Crippen LogP) is 3.73. The molecule has 0 saturated heterocycles. The van der Waals surface area contributed by atoms with Crippen molar-refractivity contribution in [2.24, 2.45) is 5.92 Å². The van der Waals surface area contributed by atoms with Crippen LogP contribution in [0.5, 0.6) is 0 Å². The second-order valence-corrected chi connectivity index (χ2v) is 5.07. The van der Waals surface area contributed by atoms with Gasteiger partial charge in [0.1, 0.15) is 5.03 Å². The monoisotopic (exact) mass is 263 g/mol. The van der Waals surface area contributed by atoms with E-state index >= 15 is 0 Å². The standard InChI is InChI=1S/C9H11BrFNS/c1-6(2)5-13-9-8(11)3-7(10)4-12-9/h3-4,6H,5H2,1-2H3. The van der Waals surface area contributed by atoms with Gasteiger partial charge in [-0.25, -0.2) is 9.37 Å². The van der Waals surface area contributed by atoms with Gasteiger partial charge in [0, 0.05) is 16.4 Å². The van der Waals surface area contributed by atoms with E-state index in [1.807, 2.05) is 0 Å². The van der Waals surface area contributed by atoms with Crippen LogP contribution in [0.3, 0.4) is 0 Å². The second kappa shape index (κ2) is 4.96. The highest BCUT2D eigenvalue weighted by molar-refractivity contribution is 9.10. The lowest BCUT2D eigenvalue weighted by Crippen LogP contribution is -1.93. The fourth-order valence-electron chi connectivity index (χ4n) is 0.754. The van der Waals surface area contributed by atoms with Crippen molar-refractivity contribution in [3.8, 4) is 0 Å². The van der Waals surface area contributed by atoms with Crippen molar-refractivity contribution in [3.05, 3.63) is 22.6 Å². The molecule has 1 aromatic heterocycles. The summed E-state index contributed by atoms with van der Waals surface area (Å²) in [4.78, 5) is 3.99. The van der Waals surface area contributed by atoms with Crippen LogP contribution < -0.4 is 0 Å². The Morgan fingerprint density at radius 3 is 2.85 bits per heavy atom. The molecule has 0 aliphatic rings. The van der Waals surface area contributed by atoms with Crippen LogP contribution in [-0.4, -0.2) is 10.7 Å². The van der Waals surface area contributed by atoms with Crippen molar-refractivity contribution in [2.45, 2.75) is 18.9 Å². The third-order valence-electron chi connectivity index (χ3n) is 1.33. The molecule has 0 radical (unpaired) electrons. The summed E-state index contributed by atoms with van der Waals surface area (Å²) in [6.07, 6.45) is 1.62. The SMILES string of the molecule is CC(C)CSc1ncc(Br)cc1F. The van der Waals surface area contributed by atoms with Gasteiger partial charge >= 0.3 is 0 Å². The molecule has 0 saturated carbocycles. The molecular formula is C9H11BrFNS. The van der Waals surface area contributed by atoms with Gasteiger partial charge in [0.05, 0.1) is 0 Å². The Kier molecular flexibility index (Phi) is 4.19. The number of rotatable bonds is 3. The zero-order valence-electron chi connectivity index (χ0n) is 7.55. The van der Waals surface area contributed by atoms with E-state index in [4.69, 9.17) is 0 Å². The largest absolute Gasteiger partial charge is 0.246 e. The number of hydrogen-bond acceptors (Lipinski definition) is 2. The number of aromatic nitrogens is 1. The highest BCUT2D eigenvalue weighted by atomic mass is 79.9. The van der Waals surface area contributed by atoms with E-state index < -0.39 is 0 Å². The average Bonchev–Trinajstić information content (AvgIpc) is 2.02.